The molecule has 0 heterocycles. The highest BCUT2D eigenvalue weighted by Crippen LogP contribution is 2.17. The smallest absolute Gasteiger partial charge is 0.330 e. The average Bonchev–Trinajstić information content (AvgIpc) is 2.54. The van der Waals surface area contributed by atoms with Crippen molar-refractivity contribution in [2.75, 3.05) is 11.3 Å². The SMILES string of the molecule is CCOC(=O)C=Cc1cccc(S(=O)(=O)Nc2ccccc2)c1. The number of rotatable bonds is 6. The number of hydrogen-bond acceptors (Lipinski definition) is 4. The maximum absolute atomic E-state index is 12.4. The zero-order valence-corrected chi connectivity index (χ0v) is 13.4. The fourth-order valence-corrected chi connectivity index (χ4v) is 2.97. The lowest BCUT2D eigenvalue weighted by Gasteiger charge is -2.08. The second-order valence-electron chi connectivity index (χ2n) is 4.63. The van der Waals surface area contributed by atoms with E-state index in [2.05, 4.69) is 4.72 Å². The molecule has 2 aromatic carbocycles. The Labute approximate surface area is 135 Å². The van der Waals surface area contributed by atoms with E-state index in [1.807, 2.05) is 0 Å². The van der Waals surface area contributed by atoms with Crippen LogP contribution in [0.2, 0.25) is 0 Å². The summed E-state index contributed by atoms with van der Waals surface area (Å²) in [5.41, 5.74) is 1.08. The first kappa shape index (κ1) is 16.8. The lowest BCUT2D eigenvalue weighted by atomic mass is 10.2. The molecule has 0 bridgehead atoms. The van der Waals surface area contributed by atoms with Crippen LogP contribution in [0, 0.1) is 0 Å². The molecule has 0 aliphatic rings. The van der Waals surface area contributed by atoms with Crippen LogP contribution in [-0.2, 0) is 19.6 Å². The second-order valence-corrected chi connectivity index (χ2v) is 6.31. The summed E-state index contributed by atoms with van der Waals surface area (Å²) in [6.07, 6.45) is 2.78. The standard InChI is InChI=1S/C17H17NO4S/c1-2-22-17(19)12-11-14-7-6-10-16(13-14)23(20,21)18-15-8-4-3-5-9-15/h3-13,18H,2H2,1H3. The van der Waals surface area contributed by atoms with Crippen molar-refractivity contribution >= 4 is 27.8 Å². The van der Waals surface area contributed by atoms with Crippen molar-refractivity contribution in [1.29, 1.82) is 0 Å². The van der Waals surface area contributed by atoms with Crippen LogP contribution in [0.15, 0.2) is 65.6 Å². The third-order valence-corrected chi connectivity index (χ3v) is 4.27. The number of nitrogens with one attached hydrogen (secondary N) is 1. The average molecular weight is 331 g/mol. The van der Waals surface area contributed by atoms with Crippen LogP contribution in [0.25, 0.3) is 6.08 Å². The minimum Gasteiger partial charge on any atom is -0.463 e. The van der Waals surface area contributed by atoms with Crippen LogP contribution in [0.3, 0.4) is 0 Å². The van der Waals surface area contributed by atoms with Crippen molar-refractivity contribution in [2.45, 2.75) is 11.8 Å². The molecule has 0 unspecified atom stereocenters. The topological polar surface area (TPSA) is 72.5 Å². The quantitative estimate of drug-likeness (QED) is 0.652. The Bertz CT molecular complexity index is 798. The highest BCUT2D eigenvalue weighted by molar-refractivity contribution is 7.92. The summed E-state index contributed by atoms with van der Waals surface area (Å²) in [6.45, 7) is 2.01. The number of para-hydroxylation sites is 1. The van der Waals surface area contributed by atoms with Gasteiger partial charge in [0.1, 0.15) is 0 Å². The zero-order chi connectivity index (χ0) is 16.7. The Morgan fingerprint density at radius 1 is 1.13 bits per heavy atom. The van der Waals surface area contributed by atoms with Gasteiger partial charge in [0, 0.05) is 11.8 Å². The van der Waals surface area contributed by atoms with Crippen molar-refractivity contribution in [2.24, 2.45) is 0 Å². The van der Waals surface area contributed by atoms with Crippen LogP contribution in [0.4, 0.5) is 5.69 Å². The molecule has 0 spiro atoms. The molecule has 0 amide bonds. The summed E-state index contributed by atoms with van der Waals surface area (Å²) in [5.74, 6) is -0.469. The maximum Gasteiger partial charge on any atom is 0.330 e. The lowest BCUT2D eigenvalue weighted by Crippen LogP contribution is -2.12. The summed E-state index contributed by atoms with van der Waals surface area (Å²) in [6, 6.07) is 14.9. The number of anilines is 1. The normalized spacial score (nSPS) is 11.3. The van der Waals surface area contributed by atoms with Gasteiger partial charge in [-0.05, 0) is 42.8 Å². The molecule has 0 atom stereocenters. The minimum atomic E-state index is -3.68. The highest BCUT2D eigenvalue weighted by atomic mass is 32.2. The highest BCUT2D eigenvalue weighted by Gasteiger charge is 2.14. The van der Waals surface area contributed by atoms with Gasteiger partial charge in [-0.3, -0.25) is 4.72 Å². The molecule has 2 rings (SSSR count). The van der Waals surface area contributed by atoms with Gasteiger partial charge in [0.05, 0.1) is 11.5 Å². The van der Waals surface area contributed by atoms with Crippen molar-refractivity contribution in [3.05, 3.63) is 66.2 Å². The van der Waals surface area contributed by atoms with E-state index in [-0.39, 0.29) is 4.90 Å². The third-order valence-electron chi connectivity index (χ3n) is 2.89. The molecule has 120 valence electrons. The monoisotopic (exact) mass is 331 g/mol. The molecule has 6 heteroatoms. The van der Waals surface area contributed by atoms with E-state index >= 15 is 0 Å². The molecule has 0 radical (unpaired) electrons. The van der Waals surface area contributed by atoms with Gasteiger partial charge >= 0.3 is 5.97 Å². The molecule has 0 aliphatic heterocycles. The Morgan fingerprint density at radius 2 is 1.87 bits per heavy atom. The molecule has 0 aromatic heterocycles. The van der Waals surface area contributed by atoms with Gasteiger partial charge in [-0.1, -0.05) is 30.3 Å². The second kappa shape index (κ2) is 7.60. The predicted molar refractivity (Wildman–Crippen MR) is 89.4 cm³/mol. The van der Waals surface area contributed by atoms with Gasteiger partial charge in [-0.25, -0.2) is 13.2 Å². The molecular formula is C17H17NO4S. The molecular weight excluding hydrogens is 314 g/mol. The van der Waals surface area contributed by atoms with Gasteiger partial charge in [0.15, 0.2) is 0 Å². The number of benzene rings is 2. The van der Waals surface area contributed by atoms with Gasteiger partial charge in [0.2, 0.25) is 0 Å². The first-order valence-electron chi connectivity index (χ1n) is 7.04. The van der Waals surface area contributed by atoms with E-state index in [9.17, 15) is 13.2 Å². The number of ether oxygens (including phenoxy) is 1. The number of esters is 1. The molecule has 23 heavy (non-hydrogen) atoms. The van der Waals surface area contributed by atoms with Crippen molar-refractivity contribution in [1.82, 2.24) is 0 Å². The molecule has 1 N–H and O–H groups in total. The van der Waals surface area contributed by atoms with Crippen LogP contribution in [-0.4, -0.2) is 21.0 Å². The predicted octanol–water partition coefficient (Wildman–Crippen LogP) is 3.06. The van der Waals surface area contributed by atoms with E-state index in [4.69, 9.17) is 4.74 Å². The van der Waals surface area contributed by atoms with E-state index in [0.717, 1.165) is 0 Å². The van der Waals surface area contributed by atoms with Crippen molar-refractivity contribution < 1.29 is 17.9 Å². The fraction of sp³-hybridized carbons (Fsp3) is 0.118. The maximum atomic E-state index is 12.4. The first-order valence-corrected chi connectivity index (χ1v) is 8.52. The van der Waals surface area contributed by atoms with Gasteiger partial charge in [-0.2, -0.15) is 0 Å². The lowest BCUT2D eigenvalue weighted by molar-refractivity contribution is -0.137. The summed E-state index contributed by atoms with van der Waals surface area (Å²) in [7, 11) is -3.68. The van der Waals surface area contributed by atoms with E-state index in [0.29, 0.717) is 17.9 Å². The van der Waals surface area contributed by atoms with Crippen LogP contribution < -0.4 is 4.72 Å². The molecule has 0 saturated carbocycles. The Hall–Kier alpha value is -2.60. The van der Waals surface area contributed by atoms with E-state index in [1.165, 1.54) is 24.3 Å². The number of hydrogen-bond donors (Lipinski definition) is 1. The molecule has 5 nitrogen and oxygen atoms in total. The fourth-order valence-electron chi connectivity index (χ4n) is 1.86. The molecule has 0 saturated heterocycles. The summed E-state index contributed by atoms with van der Waals surface area (Å²) in [5, 5.41) is 0. The van der Waals surface area contributed by atoms with Gasteiger partial charge in [-0.15, -0.1) is 0 Å². The minimum absolute atomic E-state index is 0.118. The third kappa shape index (κ3) is 4.96. The van der Waals surface area contributed by atoms with Crippen LogP contribution >= 0.6 is 0 Å². The number of sulfonamides is 1. The Kier molecular flexibility index (Phi) is 5.54. The largest absolute Gasteiger partial charge is 0.463 e. The number of carbonyl (C=O) groups excluding carboxylic acids is 1. The summed E-state index contributed by atoms with van der Waals surface area (Å²) in [4.78, 5) is 11.4. The zero-order valence-electron chi connectivity index (χ0n) is 12.6. The first-order chi connectivity index (χ1) is 11.0. The van der Waals surface area contributed by atoms with Crippen molar-refractivity contribution in [3.63, 3.8) is 0 Å². The molecule has 0 aliphatic carbocycles. The number of carbonyl (C=O) groups is 1. The molecule has 0 fully saturated rings. The van der Waals surface area contributed by atoms with E-state index < -0.39 is 16.0 Å². The Morgan fingerprint density at radius 3 is 2.57 bits per heavy atom. The Balaban J connectivity index is 2.20. The molecule has 2 aromatic rings. The van der Waals surface area contributed by atoms with Crippen LogP contribution in [0.5, 0.6) is 0 Å². The van der Waals surface area contributed by atoms with Gasteiger partial charge < -0.3 is 4.74 Å². The van der Waals surface area contributed by atoms with Crippen molar-refractivity contribution in [3.8, 4) is 0 Å². The summed E-state index contributed by atoms with van der Waals surface area (Å²) >= 11 is 0. The summed E-state index contributed by atoms with van der Waals surface area (Å²) < 4.78 is 32.0. The van der Waals surface area contributed by atoms with E-state index in [1.54, 1.807) is 49.4 Å². The van der Waals surface area contributed by atoms with Crippen LogP contribution in [0.1, 0.15) is 12.5 Å². The van der Waals surface area contributed by atoms with Gasteiger partial charge in [0.25, 0.3) is 10.0 Å².